The quantitative estimate of drug-likeness (QED) is 0.566. The van der Waals surface area contributed by atoms with E-state index in [1.807, 2.05) is 0 Å². The normalized spacial score (nSPS) is 24.2. The van der Waals surface area contributed by atoms with Crippen LogP contribution in [-0.4, -0.2) is 34.6 Å². The van der Waals surface area contributed by atoms with Crippen molar-refractivity contribution in [2.45, 2.75) is 120 Å². The molecule has 1 rings (SSSR count). The third-order valence-electron chi connectivity index (χ3n) is 6.50. The van der Waals surface area contributed by atoms with E-state index >= 15 is 0 Å². The van der Waals surface area contributed by atoms with Gasteiger partial charge in [0.15, 0.2) is 0 Å². The molecule has 3 nitrogen and oxygen atoms in total. The minimum absolute atomic E-state index is 0.0167. The van der Waals surface area contributed by atoms with Crippen LogP contribution in [0.2, 0.25) is 0 Å². The van der Waals surface area contributed by atoms with Crippen LogP contribution in [0, 0.1) is 16.2 Å². The zero-order valence-corrected chi connectivity index (χ0v) is 19.7. The summed E-state index contributed by atoms with van der Waals surface area (Å²) in [5.41, 5.74) is -0.508. The molecule has 1 unspecified atom stereocenters. The molecule has 3 heteroatoms. The SMILES string of the molecule is CCN1C(C)(C)CC(OC(=O)C(C)(CC(C)(C)C)C(C)(C)C)CC1(C)C. The Bertz CT molecular complexity index is 489. The fourth-order valence-electron chi connectivity index (χ4n) is 5.15. The fraction of sp³-hybridized carbons (Fsp3) is 0.957. The van der Waals surface area contributed by atoms with Gasteiger partial charge >= 0.3 is 5.97 Å². The van der Waals surface area contributed by atoms with Gasteiger partial charge in [0.1, 0.15) is 6.10 Å². The number of hydrogen-bond acceptors (Lipinski definition) is 3. The smallest absolute Gasteiger partial charge is 0.312 e. The van der Waals surface area contributed by atoms with E-state index in [-0.39, 0.29) is 34.0 Å². The zero-order valence-electron chi connectivity index (χ0n) is 19.7. The maximum atomic E-state index is 13.4. The maximum absolute atomic E-state index is 13.4. The van der Waals surface area contributed by atoms with E-state index in [1.54, 1.807) is 0 Å². The molecule has 0 N–H and O–H groups in total. The molecule has 0 bridgehead atoms. The van der Waals surface area contributed by atoms with E-state index in [0.717, 1.165) is 25.8 Å². The first kappa shape index (κ1) is 23.5. The number of esters is 1. The van der Waals surface area contributed by atoms with Crippen molar-refractivity contribution in [3.8, 4) is 0 Å². The first-order valence-corrected chi connectivity index (χ1v) is 10.3. The van der Waals surface area contributed by atoms with E-state index in [9.17, 15) is 4.79 Å². The number of hydrogen-bond donors (Lipinski definition) is 0. The standard InChI is InChI=1S/C23H45NO2/c1-13-24-21(8,9)14-17(15-22(24,10)11)26-18(25)23(12,20(5,6)7)16-19(2,3)4/h17H,13-16H2,1-12H3. The van der Waals surface area contributed by atoms with Crippen LogP contribution in [-0.2, 0) is 9.53 Å². The third-order valence-corrected chi connectivity index (χ3v) is 6.50. The Morgan fingerprint density at radius 1 is 0.962 bits per heavy atom. The number of rotatable bonds is 4. The molecule has 0 aromatic heterocycles. The predicted molar refractivity (Wildman–Crippen MR) is 111 cm³/mol. The number of likely N-dealkylation sites (tertiary alicyclic amines) is 1. The molecule has 154 valence electrons. The van der Waals surface area contributed by atoms with E-state index in [2.05, 4.69) is 88.0 Å². The third kappa shape index (κ3) is 5.03. The molecule has 26 heavy (non-hydrogen) atoms. The number of piperidine rings is 1. The summed E-state index contributed by atoms with van der Waals surface area (Å²) in [6.07, 6.45) is 2.59. The topological polar surface area (TPSA) is 29.5 Å². The van der Waals surface area contributed by atoms with Crippen molar-refractivity contribution >= 4 is 5.97 Å². The molecule has 0 aliphatic carbocycles. The van der Waals surface area contributed by atoms with Gasteiger partial charge in [0, 0.05) is 23.9 Å². The molecule has 0 aromatic rings. The first-order chi connectivity index (χ1) is 11.4. The van der Waals surface area contributed by atoms with Gasteiger partial charge in [-0.1, -0.05) is 48.5 Å². The molecule has 1 fully saturated rings. The lowest BCUT2D eigenvalue weighted by Gasteiger charge is -2.55. The van der Waals surface area contributed by atoms with Gasteiger partial charge in [-0.25, -0.2) is 0 Å². The van der Waals surface area contributed by atoms with Gasteiger partial charge in [-0.3, -0.25) is 9.69 Å². The second kappa shape index (κ2) is 7.11. The Balaban J connectivity index is 3.07. The van der Waals surface area contributed by atoms with Crippen molar-refractivity contribution in [3.05, 3.63) is 0 Å². The van der Waals surface area contributed by atoms with Crippen LogP contribution in [0.5, 0.6) is 0 Å². The van der Waals surface area contributed by atoms with Gasteiger partial charge in [0.2, 0.25) is 0 Å². The van der Waals surface area contributed by atoms with Crippen molar-refractivity contribution in [2.75, 3.05) is 6.54 Å². The zero-order chi connectivity index (χ0) is 20.8. The van der Waals surface area contributed by atoms with Crippen LogP contribution >= 0.6 is 0 Å². The lowest BCUT2D eigenvalue weighted by Crippen LogP contribution is -2.62. The van der Waals surface area contributed by atoms with Crippen LogP contribution in [0.15, 0.2) is 0 Å². The van der Waals surface area contributed by atoms with Crippen molar-refractivity contribution < 1.29 is 9.53 Å². The molecule has 1 atom stereocenters. The van der Waals surface area contributed by atoms with Gasteiger partial charge in [-0.05, 0) is 58.4 Å². The summed E-state index contributed by atoms with van der Waals surface area (Å²) >= 11 is 0. The average Bonchev–Trinajstić information content (AvgIpc) is 2.32. The molecular formula is C23H45NO2. The summed E-state index contributed by atoms with van der Waals surface area (Å²) in [4.78, 5) is 15.9. The molecule has 0 spiro atoms. The van der Waals surface area contributed by atoms with E-state index in [4.69, 9.17) is 4.74 Å². The molecule has 1 aliphatic rings. The molecular weight excluding hydrogens is 322 g/mol. The highest BCUT2D eigenvalue weighted by Crippen LogP contribution is 2.48. The highest BCUT2D eigenvalue weighted by Gasteiger charge is 2.51. The highest BCUT2D eigenvalue weighted by molar-refractivity contribution is 5.77. The summed E-state index contributed by atoms with van der Waals surface area (Å²) in [5.74, 6) is -0.0264. The highest BCUT2D eigenvalue weighted by atomic mass is 16.5. The fourth-order valence-corrected chi connectivity index (χ4v) is 5.15. The monoisotopic (exact) mass is 367 g/mol. The lowest BCUT2D eigenvalue weighted by molar-refractivity contribution is -0.180. The van der Waals surface area contributed by atoms with Gasteiger partial charge in [0.05, 0.1) is 5.41 Å². The van der Waals surface area contributed by atoms with Gasteiger partial charge in [-0.15, -0.1) is 0 Å². The van der Waals surface area contributed by atoms with Crippen LogP contribution < -0.4 is 0 Å². The average molecular weight is 368 g/mol. The van der Waals surface area contributed by atoms with Crippen LogP contribution in [0.4, 0.5) is 0 Å². The molecule has 1 saturated heterocycles. The van der Waals surface area contributed by atoms with Crippen LogP contribution in [0.3, 0.4) is 0 Å². The predicted octanol–water partition coefficient (Wildman–Crippen LogP) is 6.06. The van der Waals surface area contributed by atoms with E-state index in [1.165, 1.54) is 0 Å². The summed E-state index contributed by atoms with van der Waals surface area (Å²) in [7, 11) is 0. The number of nitrogens with zero attached hydrogens (tertiary/aromatic N) is 1. The van der Waals surface area contributed by atoms with Gasteiger partial charge in [0.25, 0.3) is 0 Å². The maximum Gasteiger partial charge on any atom is 0.312 e. The van der Waals surface area contributed by atoms with Crippen LogP contribution in [0.25, 0.3) is 0 Å². The Hall–Kier alpha value is -0.570. The van der Waals surface area contributed by atoms with E-state index in [0.29, 0.717) is 0 Å². The summed E-state index contributed by atoms with van der Waals surface area (Å²) in [6.45, 7) is 27.5. The Morgan fingerprint density at radius 2 is 1.38 bits per heavy atom. The minimum Gasteiger partial charge on any atom is -0.462 e. The molecule has 1 heterocycles. The van der Waals surface area contributed by atoms with Crippen molar-refractivity contribution in [2.24, 2.45) is 16.2 Å². The molecule has 1 aliphatic heterocycles. The Kier molecular flexibility index (Phi) is 6.42. The largest absolute Gasteiger partial charge is 0.462 e. The second-order valence-corrected chi connectivity index (χ2v) is 12.1. The van der Waals surface area contributed by atoms with Crippen molar-refractivity contribution in [1.82, 2.24) is 4.90 Å². The summed E-state index contributed by atoms with van der Waals surface area (Å²) in [6, 6.07) is 0. The summed E-state index contributed by atoms with van der Waals surface area (Å²) < 4.78 is 6.23. The number of carbonyl (C=O) groups excluding carboxylic acids is 1. The lowest BCUT2D eigenvalue weighted by atomic mass is 9.61. The Morgan fingerprint density at radius 3 is 1.69 bits per heavy atom. The van der Waals surface area contributed by atoms with Gasteiger partial charge in [-0.2, -0.15) is 0 Å². The van der Waals surface area contributed by atoms with E-state index < -0.39 is 5.41 Å². The first-order valence-electron chi connectivity index (χ1n) is 10.3. The minimum atomic E-state index is -0.499. The molecule has 0 radical (unpaired) electrons. The number of ether oxygens (including phenoxy) is 1. The molecule has 0 amide bonds. The summed E-state index contributed by atoms with van der Waals surface area (Å²) in [5, 5.41) is 0. The molecule has 0 aromatic carbocycles. The van der Waals surface area contributed by atoms with Crippen LogP contribution in [0.1, 0.15) is 102 Å². The van der Waals surface area contributed by atoms with Crippen molar-refractivity contribution in [3.63, 3.8) is 0 Å². The number of carbonyl (C=O) groups is 1. The Labute approximate surface area is 163 Å². The van der Waals surface area contributed by atoms with Gasteiger partial charge < -0.3 is 4.74 Å². The molecule has 0 saturated carbocycles. The van der Waals surface area contributed by atoms with Crippen molar-refractivity contribution in [1.29, 1.82) is 0 Å². The second-order valence-electron chi connectivity index (χ2n) is 12.1.